The quantitative estimate of drug-likeness (QED) is 0.233. The summed E-state index contributed by atoms with van der Waals surface area (Å²) in [6.07, 6.45) is 2.49. The van der Waals surface area contributed by atoms with Crippen LogP contribution in [0, 0.1) is 6.92 Å². The van der Waals surface area contributed by atoms with E-state index in [0.717, 1.165) is 63.3 Å². The van der Waals surface area contributed by atoms with E-state index in [2.05, 4.69) is 46.6 Å². The summed E-state index contributed by atoms with van der Waals surface area (Å²) in [5.41, 5.74) is 13.8. The predicted molar refractivity (Wildman–Crippen MR) is 153 cm³/mol. The highest BCUT2D eigenvalue weighted by Gasteiger charge is 2.28. The van der Waals surface area contributed by atoms with Crippen LogP contribution in [-0.4, -0.2) is 43.1 Å². The van der Waals surface area contributed by atoms with Crippen molar-refractivity contribution in [2.24, 2.45) is 5.73 Å². The first-order chi connectivity index (χ1) is 17.8. The predicted octanol–water partition coefficient (Wildman–Crippen LogP) is 4.71. The number of aryl methyl sites for hydroxylation is 2. The van der Waals surface area contributed by atoms with Gasteiger partial charge in [0, 0.05) is 34.3 Å². The third kappa shape index (κ3) is 6.47. The number of aromatic nitrogens is 2. The number of nitrogens with one attached hydrogen (secondary N) is 2. The summed E-state index contributed by atoms with van der Waals surface area (Å²) in [5.74, 6) is -0.492. The first kappa shape index (κ1) is 27.7. The van der Waals surface area contributed by atoms with Crippen molar-refractivity contribution >= 4 is 30.5 Å². The summed E-state index contributed by atoms with van der Waals surface area (Å²) in [6, 6.07) is 21.5. The summed E-state index contributed by atoms with van der Waals surface area (Å²) < 4.78 is 1.82. The number of nitrogens with zero attached hydrogens (tertiary/aromatic N) is 2. The molecule has 192 valence electrons. The fraction of sp³-hybridized carbons (Fsp3) is 0.207. The van der Waals surface area contributed by atoms with Crippen molar-refractivity contribution in [3.63, 3.8) is 0 Å². The third-order valence-corrected chi connectivity index (χ3v) is 6.22. The van der Waals surface area contributed by atoms with Gasteiger partial charge in [-0.05, 0) is 81.4 Å². The number of anilines is 1. The van der Waals surface area contributed by atoms with Gasteiger partial charge in [-0.2, -0.15) is 5.10 Å². The van der Waals surface area contributed by atoms with Gasteiger partial charge in [0.15, 0.2) is 5.69 Å². The molecule has 1 aromatic heterocycles. The van der Waals surface area contributed by atoms with Gasteiger partial charge >= 0.3 is 0 Å². The molecule has 1 amide bonds. The largest absolute Gasteiger partial charge is 0.388 e. The van der Waals surface area contributed by atoms with E-state index in [-0.39, 0.29) is 0 Å². The molecular weight excluding hydrogens is 482 g/mol. The van der Waals surface area contributed by atoms with Crippen molar-refractivity contribution < 1.29 is 9.59 Å². The van der Waals surface area contributed by atoms with Gasteiger partial charge in [-0.3, -0.25) is 9.59 Å². The summed E-state index contributed by atoms with van der Waals surface area (Å²) in [4.78, 5) is 23.0. The van der Waals surface area contributed by atoms with Crippen LogP contribution in [0.1, 0.15) is 37.5 Å². The minimum absolute atomic E-state index is 0.352. The number of amides is 1. The number of benzene rings is 3. The van der Waals surface area contributed by atoms with Gasteiger partial charge in [0.05, 0.1) is 11.4 Å². The zero-order chi connectivity index (χ0) is 26.9. The number of rotatable bonds is 4. The van der Waals surface area contributed by atoms with Crippen LogP contribution in [0.2, 0.25) is 0 Å². The second-order valence-electron chi connectivity index (χ2n) is 8.56. The van der Waals surface area contributed by atoms with E-state index >= 15 is 0 Å². The van der Waals surface area contributed by atoms with Crippen molar-refractivity contribution in [1.82, 2.24) is 15.1 Å². The Balaban J connectivity index is 0.000000265. The molecule has 0 fully saturated rings. The summed E-state index contributed by atoms with van der Waals surface area (Å²) in [6.45, 7) is 1.92. The van der Waals surface area contributed by atoms with Gasteiger partial charge < -0.3 is 16.4 Å². The molecule has 4 aromatic rings. The summed E-state index contributed by atoms with van der Waals surface area (Å²) >= 11 is 4.34. The molecule has 4 N–H and O–H groups in total. The Bertz CT molecular complexity index is 1380. The SMILES string of the molecule is CNC.CNc1ccc2c(c1)-c1c(c(C(N)=O)nn1-c1ccc(S)cc1)CC2.Cc1ccccc1C=O. The zero-order valence-corrected chi connectivity index (χ0v) is 22.5. The molecule has 7 nitrogen and oxygen atoms in total. The van der Waals surface area contributed by atoms with Crippen LogP contribution in [0.3, 0.4) is 0 Å². The average molecular weight is 516 g/mol. The second-order valence-corrected chi connectivity index (χ2v) is 9.08. The molecule has 37 heavy (non-hydrogen) atoms. The Labute approximate surface area is 223 Å². The van der Waals surface area contributed by atoms with Crippen molar-refractivity contribution in [3.05, 3.63) is 94.7 Å². The number of nitrogens with two attached hydrogens (primary N) is 1. The van der Waals surface area contributed by atoms with E-state index in [1.54, 1.807) is 0 Å². The van der Waals surface area contributed by atoms with Crippen molar-refractivity contribution in [1.29, 1.82) is 0 Å². The van der Waals surface area contributed by atoms with E-state index in [9.17, 15) is 9.59 Å². The van der Waals surface area contributed by atoms with Crippen LogP contribution in [0.25, 0.3) is 16.9 Å². The minimum atomic E-state index is -0.492. The van der Waals surface area contributed by atoms with Crippen LogP contribution >= 0.6 is 12.6 Å². The molecule has 8 heteroatoms. The lowest BCUT2D eigenvalue weighted by Gasteiger charge is -2.20. The lowest BCUT2D eigenvalue weighted by Crippen LogP contribution is -2.15. The highest BCUT2D eigenvalue weighted by Crippen LogP contribution is 2.38. The monoisotopic (exact) mass is 515 g/mol. The zero-order valence-electron chi connectivity index (χ0n) is 21.6. The summed E-state index contributed by atoms with van der Waals surface area (Å²) in [7, 11) is 5.64. The number of carbonyl (C=O) groups excluding carboxylic acids is 2. The maximum Gasteiger partial charge on any atom is 0.269 e. The Morgan fingerprint density at radius 3 is 2.27 bits per heavy atom. The fourth-order valence-corrected chi connectivity index (χ4v) is 4.24. The minimum Gasteiger partial charge on any atom is -0.388 e. The Hall–Kier alpha value is -3.88. The van der Waals surface area contributed by atoms with Gasteiger partial charge in [0.1, 0.15) is 6.29 Å². The average Bonchev–Trinajstić information content (AvgIpc) is 3.30. The molecule has 0 aliphatic heterocycles. The van der Waals surface area contributed by atoms with Crippen LogP contribution in [0.15, 0.2) is 71.6 Å². The number of hydrogen-bond acceptors (Lipinski definition) is 6. The fourth-order valence-electron chi connectivity index (χ4n) is 4.09. The normalized spacial score (nSPS) is 11.1. The summed E-state index contributed by atoms with van der Waals surface area (Å²) in [5, 5.41) is 10.5. The van der Waals surface area contributed by atoms with Crippen LogP contribution < -0.4 is 16.4 Å². The van der Waals surface area contributed by atoms with Crippen LogP contribution in [-0.2, 0) is 12.8 Å². The first-order valence-corrected chi connectivity index (χ1v) is 12.4. The molecular formula is C29H33N5O2S. The molecule has 0 spiro atoms. The molecule has 1 aliphatic rings. The van der Waals surface area contributed by atoms with Gasteiger partial charge in [0.2, 0.25) is 0 Å². The van der Waals surface area contributed by atoms with Crippen molar-refractivity contribution in [2.45, 2.75) is 24.7 Å². The van der Waals surface area contributed by atoms with Crippen LogP contribution in [0.4, 0.5) is 5.69 Å². The number of hydrogen-bond donors (Lipinski definition) is 4. The Morgan fingerprint density at radius 1 is 1.03 bits per heavy atom. The molecule has 1 aliphatic carbocycles. The molecule has 0 saturated carbocycles. The maximum atomic E-state index is 11.9. The Kier molecular flexibility index (Phi) is 9.65. The van der Waals surface area contributed by atoms with E-state index in [0.29, 0.717) is 5.69 Å². The second kappa shape index (κ2) is 12.9. The molecule has 0 radical (unpaired) electrons. The number of thiol groups is 1. The van der Waals surface area contributed by atoms with Crippen LogP contribution in [0.5, 0.6) is 0 Å². The van der Waals surface area contributed by atoms with Crippen molar-refractivity contribution in [2.75, 3.05) is 26.5 Å². The molecule has 0 bridgehead atoms. The van der Waals surface area contributed by atoms with E-state index in [1.807, 2.05) is 81.3 Å². The smallest absolute Gasteiger partial charge is 0.269 e. The van der Waals surface area contributed by atoms with Crippen molar-refractivity contribution in [3.8, 4) is 16.9 Å². The molecule has 0 unspecified atom stereocenters. The number of primary amides is 1. The number of carbonyl (C=O) groups is 2. The highest BCUT2D eigenvalue weighted by molar-refractivity contribution is 7.80. The number of fused-ring (bicyclic) bond motifs is 3. The molecule has 1 heterocycles. The topological polar surface area (TPSA) is 102 Å². The molecule has 5 rings (SSSR count). The lowest BCUT2D eigenvalue weighted by molar-refractivity contribution is 0.0993. The number of aldehydes is 1. The van der Waals surface area contributed by atoms with E-state index in [4.69, 9.17) is 5.73 Å². The first-order valence-electron chi connectivity index (χ1n) is 12.0. The molecule has 3 aromatic carbocycles. The molecule has 0 saturated heterocycles. The van der Waals surface area contributed by atoms with Gasteiger partial charge in [0.25, 0.3) is 5.91 Å². The Morgan fingerprint density at radius 2 is 1.70 bits per heavy atom. The van der Waals surface area contributed by atoms with Gasteiger partial charge in [-0.1, -0.05) is 30.3 Å². The third-order valence-electron chi connectivity index (χ3n) is 5.92. The highest BCUT2D eigenvalue weighted by atomic mass is 32.1. The molecule has 0 atom stereocenters. The van der Waals surface area contributed by atoms with Gasteiger partial charge in [-0.25, -0.2) is 4.68 Å². The lowest BCUT2D eigenvalue weighted by atomic mass is 9.88. The standard InChI is InChI=1S/C19H18N4OS.C8H8O.C2H7N/c1-21-12-4-2-11-3-9-15-17(19(20)24)22-23(18(15)16(11)10-12)13-5-7-14(25)8-6-13;1-7-4-2-3-5-8(7)6-9;1-3-2/h2,4-8,10,21,25H,3,9H2,1H3,(H2,20,24);2-6H,1H3;3H,1-2H3. The van der Waals surface area contributed by atoms with E-state index < -0.39 is 5.91 Å². The maximum absolute atomic E-state index is 11.9. The van der Waals surface area contributed by atoms with Gasteiger partial charge in [-0.15, -0.1) is 12.6 Å². The van der Waals surface area contributed by atoms with E-state index in [1.165, 1.54) is 5.56 Å².